The standard InChI is InChI=1S/C13H16N2O4/c16-12(11-6-10(15-19-11)7-4-5-7)14-9-3-1-2-8(9)13(17)18/h6-9H,1-5H2,(H,14,16)(H,17,18)/t8-,9+/m1/s1. The Kier molecular flexibility index (Phi) is 3.00. The molecule has 0 saturated heterocycles. The number of amides is 1. The minimum Gasteiger partial charge on any atom is -0.481 e. The molecule has 2 atom stereocenters. The lowest BCUT2D eigenvalue weighted by atomic mass is 10.0. The zero-order valence-corrected chi connectivity index (χ0v) is 10.5. The Labute approximate surface area is 110 Å². The molecule has 3 rings (SSSR count). The van der Waals surface area contributed by atoms with Gasteiger partial charge in [-0.05, 0) is 25.7 Å². The summed E-state index contributed by atoms with van der Waals surface area (Å²) < 4.78 is 5.02. The highest BCUT2D eigenvalue weighted by atomic mass is 16.5. The zero-order chi connectivity index (χ0) is 13.4. The first-order valence-electron chi connectivity index (χ1n) is 6.65. The van der Waals surface area contributed by atoms with Gasteiger partial charge in [0, 0.05) is 18.0 Å². The van der Waals surface area contributed by atoms with Gasteiger partial charge in [0.25, 0.3) is 5.91 Å². The quantitative estimate of drug-likeness (QED) is 0.860. The first kappa shape index (κ1) is 12.2. The van der Waals surface area contributed by atoms with Gasteiger partial charge in [0.1, 0.15) is 0 Å². The highest BCUT2D eigenvalue weighted by molar-refractivity contribution is 5.92. The number of hydrogen-bond acceptors (Lipinski definition) is 4. The summed E-state index contributed by atoms with van der Waals surface area (Å²) in [5, 5.41) is 15.7. The van der Waals surface area contributed by atoms with E-state index in [1.165, 1.54) is 0 Å². The third kappa shape index (κ3) is 2.47. The molecule has 0 aliphatic heterocycles. The Bertz CT molecular complexity index is 506. The Morgan fingerprint density at radius 1 is 1.32 bits per heavy atom. The van der Waals surface area contributed by atoms with Gasteiger partial charge < -0.3 is 14.9 Å². The van der Waals surface area contributed by atoms with Crippen molar-refractivity contribution >= 4 is 11.9 Å². The predicted octanol–water partition coefficient (Wildman–Crippen LogP) is 1.54. The normalized spacial score (nSPS) is 26.3. The van der Waals surface area contributed by atoms with Crippen LogP contribution in [0.15, 0.2) is 10.6 Å². The van der Waals surface area contributed by atoms with Crippen LogP contribution in [-0.4, -0.2) is 28.2 Å². The van der Waals surface area contributed by atoms with E-state index in [1.807, 2.05) is 0 Å². The fraction of sp³-hybridized carbons (Fsp3) is 0.615. The SMILES string of the molecule is O=C(N[C@H]1CCC[C@H]1C(=O)O)c1cc(C2CC2)no1. The van der Waals surface area contributed by atoms with Crippen molar-refractivity contribution in [3.05, 3.63) is 17.5 Å². The fourth-order valence-electron chi connectivity index (χ4n) is 2.64. The minimum atomic E-state index is -0.848. The number of carboxylic acids is 1. The molecule has 2 aliphatic rings. The summed E-state index contributed by atoms with van der Waals surface area (Å²) in [6.07, 6.45) is 4.33. The van der Waals surface area contributed by atoms with E-state index in [1.54, 1.807) is 6.07 Å². The molecule has 0 aromatic carbocycles. The van der Waals surface area contributed by atoms with E-state index < -0.39 is 11.9 Å². The first-order valence-corrected chi connectivity index (χ1v) is 6.65. The molecule has 2 fully saturated rings. The van der Waals surface area contributed by atoms with Gasteiger partial charge in [0.05, 0.1) is 11.6 Å². The molecule has 2 N–H and O–H groups in total. The van der Waals surface area contributed by atoms with E-state index in [0.717, 1.165) is 25.0 Å². The highest BCUT2D eigenvalue weighted by Gasteiger charge is 2.35. The van der Waals surface area contributed by atoms with Gasteiger partial charge in [-0.2, -0.15) is 0 Å². The van der Waals surface area contributed by atoms with Crippen LogP contribution in [0.1, 0.15) is 54.3 Å². The number of carbonyl (C=O) groups excluding carboxylic acids is 1. The van der Waals surface area contributed by atoms with Crippen molar-refractivity contribution in [3.63, 3.8) is 0 Å². The maximum Gasteiger partial charge on any atom is 0.308 e. The average molecular weight is 264 g/mol. The summed E-state index contributed by atoms with van der Waals surface area (Å²) in [6.45, 7) is 0. The number of carbonyl (C=O) groups is 2. The molecule has 1 heterocycles. The zero-order valence-electron chi connectivity index (χ0n) is 10.5. The van der Waals surface area contributed by atoms with E-state index >= 15 is 0 Å². The number of nitrogens with zero attached hydrogens (tertiary/aromatic N) is 1. The number of aromatic nitrogens is 1. The molecule has 1 aromatic rings. The van der Waals surface area contributed by atoms with Crippen LogP contribution < -0.4 is 5.32 Å². The van der Waals surface area contributed by atoms with Crippen molar-refractivity contribution in [3.8, 4) is 0 Å². The second-order valence-corrected chi connectivity index (χ2v) is 5.35. The molecule has 0 bridgehead atoms. The molecule has 0 unspecified atom stereocenters. The van der Waals surface area contributed by atoms with Crippen LogP contribution in [0.4, 0.5) is 0 Å². The molecule has 2 saturated carbocycles. The minimum absolute atomic E-state index is 0.179. The van der Waals surface area contributed by atoms with Crippen LogP contribution in [0.5, 0.6) is 0 Å². The second-order valence-electron chi connectivity index (χ2n) is 5.35. The van der Waals surface area contributed by atoms with Crippen LogP contribution in [0.3, 0.4) is 0 Å². The van der Waals surface area contributed by atoms with Gasteiger partial charge in [-0.3, -0.25) is 9.59 Å². The third-order valence-corrected chi connectivity index (χ3v) is 3.90. The molecule has 6 nitrogen and oxygen atoms in total. The molecule has 1 amide bonds. The molecule has 102 valence electrons. The van der Waals surface area contributed by atoms with E-state index in [4.69, 9.17) is 9.63 Å². The summed E-state index contributed by atoms with van der Waals surface area (Å²) in [5.74, 6) is -1.09. The van der Waals surface area contributed by atoms with Gasteiger partial charge in [-0.1, -0.05) is 11.6 Å². The van der Waals surface area contributed by atoms with Crippen LogP contribution in [-0.2, 0) is 4.79 Å². The smallest absolute Gasteiger partial charge is 0.308 e. The fourth-order valence-corrected chi connectivity index (χ4v) is 2.64. The number of aliphatic carboxylic acids is 1. The van der Waals surface area contributed by atoms with E-state index in [9.17, 15) is 9.59 Å². The first-order chi connectivity index (χ1) is 9.15. The van der Waals surface area contributed by atoms with Crippen LogP contribution in [0.25, 0.3) is 0 Å². The monoisotopic (exact) mass is 264 g/mol. The van der Waals surface area contributed by atoms with Gasteiger partial charge in [0.2, 0.25) is 5.76 Å². The summed E-state index contributed by atoms with van der Waals surface area (Å²) >= 11 is 0. The number of carboxylic acid groups (broad SMARTS) is 1. The Morgan fingerprint density at radius 3 is 2.79 bits per heavy atom. The lowest BCUT2D eigenvalue weighted by Gasteiger charge is -2.16. The molecule has 2 aliphatic carbocycles. The van der Waals surface area contributed by atoms with Gasteiger partial charge in [0.15, 0.2) is 0 Å². The number of rotatable bonds is 4. The van der Waals surface area contributed by atoms with Crippen molar-refractivity contribution in [2.24, 2.45) is 5.92 Å². The van der Waals surface area contributed by atoms with Crippen LogP contribution >= 0.6 is 0 Å². The van der Waals surface area contributed by atoms with Crippen molar-refractivity contribution in [1.82, 2.24) is 10.5 Å². The summed E-state index contributed by atoms with van der Waals surface area (Å²) in [7, 11) is 0. The van der Waals surface area contributed by atoms with Crippen LogP contribution in [0, 0.1) is 5.92 Å². The lowest BCUT2D eigenvalue weighted by Crippen LogP contribution is -2.40. The number of hydrogen-bond donors (Lipinski definition) is 2. The molecule has 6 heteroatoms. The topological polar surface area (TPSA) is 92.4 Å². The van der Waals surface area contributed by atoms with Crippen LogP contribution in [0.2, 0.25) is 0 Å². The molecule has 0 spiro atoms. The van der Waals surface area contributed by atoms with Gasteiger partial charge >= 0.3 is 5.97 Å². The van der Waals surface area contributed by atoms with Gasteiger partial charge in [-0.25, -0.2) is 0 Å². The largest absolute Gasteiger partial charge is 0.481 e. The van der Waals surface area contributed by atoms with Crippen molar-refractivity contribution in [1.29, 1.82) is 0 Å². The Balaban J connectivity index is 1.64. The van der Waals surface area contributed by atoms with E-state index in [-0.39, 0.29) is 17.7 Å². The molecule has 1 aromatic heterocycles. The predicted molar refractivity (Wildman–Crippen MR) is 64.7 cm³/mol. The maximum atomic E-state index is 12.0. The molecular formula is C13H16N2O4. The third-order valence-electron chi connectivity index (χ3n) is 3.90. The van der Waals surface area contributed by atoms with Crippen molar-refractivity contribution < 1.29 is 19.2 Å². The second kappa shape index (κ2) is 4.68. The number of nitrogens with one attached hydrogen (secondary N) is 1. The summed E-state index contributed by atoms with van der Waals surface area (Å²) in [5.41, 5.74) is 0.825. The highest BCUT2D eigenvalue weighted by Crippen LogP contribution is 2.39. The molecule has 19 heavy (non-hydrogen) atoms. The van der Waals surface area contributed by atoms with Crippen molar-refractivity contribution in [2.45, 2.75) is 44.1 Å². The van der Waals surface area contributed by atoms with Gasteiger partial charge in [-0.15, -0.1) is 0 Å². The molecule has 0 radical (unpaired) electrons. The van der Waals surface area contributed by atoms with E-state index in [0.29, 0.717) is 18.8 Å². The average Bonchev–Trinajstić information content (AvgIpc) is 2.92. The van der Waals surface area contributed by atoms with Crippen molar-refractivity contribution in [2.75, 3.05) is 0 Å². The Hall–Kier alpha value is -1.85. The Morgan fingerprint density at radius 2 is 2.11 bits per heavy atom. The van der Waals surface area contributed by atoms with E-state index in [2.05, 4.69) is 10.5 Å². The molecular weight excluding hydrogens is 248 g/mol. The maximum absolute atomic E-state index is 12.0. The summed E-state index contributed by atoms with van der Waals surface area (Å²) in [6, 6.07) is 1.36. The summed E-state index contributed by atoms with van der Waals surface area (Å²) in [4.78, 5) is 23.0. The lowest BCUT2D eigenvalue weighted by molar-refractivity contribution is -0.142.